The summed E-state index contributed by atoms with van der Waals surface area (Å²) in [5.41, 5.74) is 4.30. The number of pyridine rings is 2. The number of nitrogens with zero attached hydrogens (tertiary/aromatic N) is 2. The lowest BCUT2D eigenvalue weighted by Gasteiger charge is -2.15. The van der Waals surface area contributed by atoms with Crippen molar-refractivity contribution in [1.82, 2.24) is 15.3 Å². The van der Waals surface area contributed by atoms with Gasteiger partial charge in [0.15, 0.2) is 0 Å². The molecule has 1 aliphatic carbocycles. The summed E-state index contributed by atoms with van der Waals surface area (Å²) in [6.45, 7) is 0. The maximum Gasteiger partial charge on any atom is 0.252 e. The summed E-state index contributed by atoms with van der Waals surface area (Å²) in [5, 5.41) is 3.09. The molecule has 0 radical (unpaired) electrons. The summed E-state index contributed by atoms with van der Waals surface area (Å²) >= 11 is 0. The number of carbonyl (C=O) groups is 1. The van der Waals surface area contributed by atoms with Crippen LogP contribution in [0.1, 0.15) is 27.5 Å². The van der Waals surface area contributed by atoms with Crippen LogP contribution in [0.15, 0.2) is 67.0 Å². The number of aromatic nitrogens is 2. The zero-order chi connectivity index (χ0) is 14.9. The zero-order valence-electron chi connectivity index (χ0n) is 11.7. The minimum Gasteiger partial charge on any atom is -0.341 e. The molecule has 4 rings (SSSR count). The third kappa shape index (κ3) is 1.97. The standard InChI is InChI=1S/C18H13N3O/c22-18(12-6-2-1-3-7-12)21-15-13-8-4-10-19-16(13)17-14(15)9-5-11-20-17/h1-11,15H,(H,21,22). The molecule has 0 saturated carbocycles. The molecule has 1 aromatic carbocycles. The Kier molecular flexibility index (Phi) is 2.93. The van der Waals surface area contributed by atoms with E-state index in [0.717, 1.165) is 22.5 Å². The van der Waals surface area contributed by atoms with E-state index in [9.17, 15) is 4.79 Å². The second-order valence-corrected chi connectivity index (χ2v) is 5.15. The maximum atomic E-state index is 12.5. The largest absolute Gasteiger partial charge is 0.341 e. The van der Waals surface area contributed by atoms with E-state index < -0.39 is 0 Å². The van der Waals surface area contributed by atoms with Crippen LogP contribution in [0, 0.1) is 0 Å². The summed E-state index contributed by atoms with van der Waals surface area (Å²) in [6, 6.07) is 16.7. The van der Waals surface area contributed by atoms with Crippen LogP contribution in [-0.2, 0) is 0 Å². The van der Waals surface area contributed by atoms with Crippen molar-refractivity contribution >= 4 is 5.91 Å². The van der Waals surface area contributed by atoms with Crippen molar-refractivity contribution in [3.8, 4) is 11.4 Å². The van der Waals surface area contributed by atoms with E-state index in [1.165, 1.54) is 0 Å². The van der Waals surface area contributed by atoms with E-state index in [1.807, 2.05) is 42.5 Å². The van der Waals surface area contributed by atoms with Gasteiger partial charge in [0.2, 0.25) is 0 Å². The molecule has 2 aromatic heterocycles. The Hall–Kier alpha value is -3.01. The normalized spacial score (nSPS) is 12.5. The Labute approximate surface area is 127 Å². The first-order valence-corrected chi connectivity index (χ1v) is 7.11. The van der Waals surface area contributed by atoms with Crippen LogP contribution in [0.3, 0.4) is 0 Å². The van der Waals surface area contributed by atoms with Gasteiger partial charge in [0.25, 0.3) is 5.91 Å². The first kappa shape index (κ1) is 12.7. The van der Waals surface area contributed by atoms with Crippen LogP contribution < -0.4 is 5.32 Å². The molecular formula is C18H13N3O. The van der Waals surface area contributed by atoms with E-state index in [4.69, 9.17) is 0 Å². The molecule has 2 heterocycles. The van der Waals surface area contributed by atoms with Crippen molar-refractivity contribution in [1.29, 1.82) is 0 Å². The molecule has 106 valence electrons. The van der Waals surface area contributed by atoms with Gasteiger partial charge in [-0.3, -0.25) is 14.8 Å². The Bertz CT molecular complexity index is 800. The quantitative estimate of drug-likeness (QED) is 0.788. The zero-order valence-corrected chi connectivity index (χ0v) is 11.7. The number of carbonyl (C=O) groups excluding carboxylic acids is 1. The van der Waals surface area contributed by atoms with Crippen molar-refractivity contribution in [2.24, 2.45) is 0 Å². The minimum atomic E-state index is -0.208. The van der Waals surface area contributed by atoms with Crippen molar-refractivity contribution in [3.63, 3.8) is 0 Å². The molecular weight excluding hydrogens is 274 g/mol. The molecule has 1 amide bonds. The highest BCUT2D eigenvalue weighted by atomic mass is 16.1. The molecule has 0 atom stereocenters. The predicted octanol–water partition coefficient (Wildman–Crippen LogP) is 2.98. The molecule has 4 heteroatoms. The van der Waals surface area contributed by atoms with Crippen LogP contribution in [0.2, 0.25) is 0 Å². The highest BCUT2D eigenvalue weighted by Crippen LogP contribution is 2.40. The summed E-state index contributed by atoms with van der Waals surface area (Å²) in [7, 11) is 0. The van der Waals surface area contributed by atoms with Gasteiger partial charge < -0.3 is 5.32 Å². The van der Waals surface area contributed by atoms with E-state index in [-0.39, 0.29) is 11.9 Å². The lowest BCUT2D eigenvalue weighted by molar-refractivity contribution is 0.0943. The molecule has 22 heavy (non-hydrogen) atoms. The van der Waals surface area contributed by atoms with Gasteiger partial charge in [0, 0.05) is 29.1 Å². The van der Waals surface area contributed by atoms with Crippen molar-refractivity contribution in [2.45, 2.75) is 6.04 Å². The topological polar surface area (TPSA) is 54.9 Å². The van der Waals surface area contributed by atoms with Crippen LogP contribution in [0.4, 0.5) is 0 Å². The molecule has 4 nitrogen and oxygen atoms in total. The van der Waals surface area contributed by atoms with Crippen LogP contribution in [-0.4, -0.2) is 15.9 Å². The third-order valence-corrected chi connectivity index (χ3v) is 3.84. The number of hydrogen-bond acceptors (Lipinski definition) is 3. The van der Waals surface area contributed by atoms with Gasteiger partial charge in [0.1, 0.15) is 0 Å². The molecule has 0 fully saturated rings. The SMILES string of the molecule is O=C(NC1c2cccnc2-c2ncccc21)c1ccccc1. The highest BCUT2D eigenvalue weighted by molar-refractivity contribution is 5.95. The monoisotopic (exact) mass is 287 g/mol. The highest BCUT2D eigenvalue weighted by Gasteiger charge is 2.31. The molecule has 3 aromatic rings. The van der Waals surface area contributed by atoms with Gasteiger partial charge in [-0.25, -0.2) is 0 Å². The molecule has 0 saturated heterocycles. The fourth-order valence-corrected chi connectivity index (χ4v) is 2.82. The van der Waals surface area contributed by atoms with Gasteiger partial charge >= 0.3 is 0 Å². The molecule has 0 unspecified atom stereocenters. The number of amides is 1. The fourth-order valence-electron chi connectivity index (χ4n) is 2.82. The maximum absolute atomic E-state index is 12.5. The first-order chi connectivity index (χ1) is 10.8. The number of benzene rings is 1. The third-order valence-electron chi connectivity index (χ3n) is 3.84. The number of rotatable bonds is 2. The van der Waals surface area contributed by atoms with E-state index in [1.54, 1.807) is 24.5 Å². The van der Waals surface area contributed by atoms with Crippen LogP contribution >= 0.6 is 0 Å². The van der Waals surface area contributed by atoms with Crippen LogP contribution in [0.25, 0.3) is 11.4 Å². The van der Waals surface area contributed by atoms with E-state index in [0.29, 0.717) is 5.56 Å². The first-order valence-electron chi connectivity index (χ1n) is 7.11. The molecule has 0 bridgehead atoms. The average molecular weight is 287 g/mol. The number of nitrogens with one attached hydrogen (secondary N) is 1. The summed E-state index contributed by atoms with van der Waals surface area (Å²) in [5.74, 6) is -0.0999. The Balaban J connectivity index is 1.74. The van der Waals surface area contributed by atoms with Crippen LogP contribution in [0.5, 0.6) is 0 Å². The van der Waals surface area contributed by atoms with Gasteiger partial charge in [-0.1, -0.05) is 30.3 Å². The summed E-state index contributed by atoms with van der Waals surface area (Å²) < 4.78 is 0. The Morgan fingerprint density at radius 1 is 0.818 bits per heavy atom. The predicted molar refractivity (Wildman–Crippen MR) is 83.2 cm³/mol. The smallest absolute Gasteiger partial charge is 0.252 e. The lowest BCUT2D eigenvalue weighted by Crippen LogP contribution is -2.28. The molecule has 0 spiro atoms. The molecule has 0 aliphatic heterocycles. The van der Waals surface area contributed by atoms with Crippen molar-refractivity contribution in [3.05, 3.63) is 83.7 Å². The lowest BCUT2D eigenvalue weighted by atomic mass is 10.1. The average Bonchev–Trinajstić information content (AvgIpc) is 2.90. The Morgan fingerprint density at radius 2 is 1.41 bits per heavy atom. The van der Waals surface area contributed by atoms with Gasteiger partial charge in [0.05, 0.1) is 17.4 Å². The molecule has 1 aliphatic rings. The number of hydrogen-bond donors (Lipinski definition) is 1. The van der Waals surface area contributed by atoms with Crippen molar-refractivity contribution < 1.29 is 4.79 Å². The molecule has 1 N–H and O–H groups in total. The minimum absolute atomic E-state index is 0.0999. The number of fused-ring (bicyclic) bond motifs is 3. The van der Waals surface area contributed by atoms with Crippen molar-refractivity contribution in [2.75, 3.05) is 0 Å². The summed E-state index contributed by atoms with van der Waals surface area (Å²) in [4.78, 5) is 21.3. The van der Waals surface area contributed by atoms with E-state index >= 15 is 0 Å². The van der Waals surface area contributed by atoms with Gasteiger partial charge in [-0.05, 0) is 24.3 Å². The van der Waals surface area contributed by atoms with Gasteiger partial charge in [-0.2, -0.15) is 0 Å². The fraction of sp³-hybridized carbons (Fsp3) is 0.0556. The Morgan fingerprint density at radius 3 is 2.00 bits per heavy atom. The second kappa shape index (κ2) is 5.07. The van der Waals surface area contributed by atoms with E-state index in [2.05, 4.69) is 15.3 Å². The second-order valence-electron chi connectivity index (χ2n) is 5.15. The summed E-state index contributed by atoms with van der Waals surface area (Å²) in [6.07, 6.45) is 3.50. The van der Waals surface area contributed by atoms with Gasteiger partial charge in [-0.15, -0.1) is 0 Å².